The van der Waals surface area contributed by atoms with E-state index in [0.29, 0.717) is 19.3 Å². The number of ketones is 1. The van der Waals surface area contributed by atoms with E-state index in [2.05, 4.69) is 5.92 Å². The Morgan fingerprint density at radius 1 is 1.53 bits per heavy atom. The fourth-order valence-corrected chi connectivity index (χ4v) is 1.33. The van der Waals surface area contributed by atoms with Gasteiger partial charge in [-0.05, 0) is 31.0 Å². The molecule has 0 heterocycles. The molecule has 78 valence electrons. The lowest BCUT2D eigenvalue weighted by atomic mass is 10.0. The predicted octanol–water partition coefficient (Wildman–Crippen LogP) is 3.12. The summed E-state index contributed by atoms with van der Waals surface area (Å²) in [5.41, 5.74) is 0.977. The highest BCUT2D eigenvalue weighted by Gasteiger charge is 2.10. The summed E-state index contributed by atoms with van der Waals surface area (Å²) in [6.07, 6.45) is 6.55. The predicted molar refractivity (Wildman–Crippen MR) is 58.2 cm³/mol. The third kappa shape index (κ3) is 3.21. The Kier molecular flexibility index (Phi) is 4.05. The lowest BCUT2D eigenvalue weighted by Crippen LogP contribution is -2.02. The van der Waals surface area contributed by atoms with Crippen LogP contribution in [-0.2, 0) is 0 Å². The van der Waals surface area contributed by atoms with Gasteiger partial charge < -0.3 is 0 Å². The third-order valence-electron chi connectivity index (χ3n) is 2.15. The highest BCUT2D eigenvalue weighted by molar-refractivity contribution is 5.96. The second-order valence-corrected chi connectivity index (χ2v) is 3.46. The molecule has 0 aliphatic heterocycles. The number of benzene rings is 1. The Morgan fingerprint density at radius 3 is 2.87 bits per heavy atom. The summed E-state index contributed by atoms with van der Waals surface area (Å²) in [7, 11) is 0. The number of terminal acetylenes is 1. The second-order valence-electron chi connectivity index (χ2n) is 3.46. The second kappa shape index (κ2) is 5.31. The zero-order valence-corrected chi connectivity index (χ0v) is 8.72. The summed E-state index contributed by atoms with van der Waals surface area (Å²) in [5, 5.41) is 0. The molecule has 0 atom stereocenters. The van der Waals surface area contributed by atoms with Crippen molar-refractivity contribution in [3.05, 3.63) is 35.1 Å². The first-order chi connectivity index (χ1) is 7.15. The van der Waals surface area contributed by atoms with Gasteiger partial charge in [-0.15, -0.1) is 12.3 Å². The molecule has 0 fully saturated rings. The molecule has 0 amide bonds. The van der Waals surface area contributed by atoms with E-state index in [1.165, 1.54) is 12.1 Å². The van der Waals surface area contributed by atoms with Gasteiger partial charge in [-0.2, -0.15) is 0 Å². The molecule has 1 aromatic rings. The fourth-order valence-electron chi connectivity index (χ4n) is 1.33. The topological polar surface area (TPSA) is 17.1 Å². The Morgan fingerprint density at radius 2 is 2.27 bits per heavy atom. The number of Topliss-reactive ketones (excluding diaryl/α,β-unsaturated/α-hetero) is 1. The van der Waals surface area contributed by atoms with Gasteiger partial charge >= 0.3 is 0 Å². The lowest BCUT2D eigenvalue weighted by Gasteiger charge is -2.02. The van der Waals surface area contributed by atoms with Crippen LogP contribution < -0.4 is 0 Å². The van der Waals surface area contributed by atoms with Crippen LogP contribution in [0.15, 0.2) is 18.2 Å². The summed E-state index contributed by atoms with van der Waals surface area (Å²) >= 11 is 0. The number of carbonyl (C=O) groups excluding carboxylic acids is 1. The van der Waals surface area contributed by atoms with Crippen molar-refractivity contribution in [2.45, 2.75) is 26.2 Å². The fraction of sp³-hybridized carbons (Fsp3) is 0.308. The highest BCUT2D eigenvalue weighted by Crippen LogP contribution is 2.13. The van der Waals surface area contributed by atoms with Crippen LogP contribution in [0.4, 0.5) is 4.39 Å². The van der Waals surface area contributed by atoms with E-state index >= 15 is 0 Å². The highest BCUT2D eigenvalue weighted by atomic mass is 19.1. The van der Waals surface area contributed by atoms with Gasteiger partial charge in [0.05, 0.1) is 5.56 Å². The Hall–Kier alpha value is -1.62. The lowest BCUT2D eigenvalue weighted by molar-refractivity contribution is 0.0976. The maximum atomic E-state index is 13.3. The van der Waals surface area contributed by atoms with E-state index in [9.17, 15) is 9.18 Å². The molecule has 0 saturated heterocycles. The quantitative estimate of drug-likeness (QED) is 0.418. The van der Waals surface area contributed by atoms with E-state index < -0.39 is 5.82 Å². The maximum absolute atomic E-state index is 13.3. The monoisotopic (exact) mass is 204 g/mol. The molecule has 0 aliphatic rings. The number of halogens is 1. The molecule has 0 saturated carbocycles. The van der Waals surface area contributed by atoms with E-state index in [1.807, 2.05) is 0 Å². The Labute approximate surface area is 89.3 Å². The first-order valence-corrected chi connectivity index (χ1v) is 4.88. The van der Waals surface area contributed by atoms with E-state index in [4.69, 9.17) is 6.42 Å². The molecule has 0 N–H and O–H groups in total. The van der Waals surface area contributed by atoms with Crippen molar-refractivity contribution in [2.75, 3.05) is 0 Å². The standard InChI is InChI=1S/C13H13FO/c1-3-4-5-6-13(15)11-8-7-10(2)9-12(11)14/h1,7-9H,4-6H2,2H3. The minimum absolute atomic E-state index is 0.164. The van der Waals surface area contributed by atoms with Gasteiger partial charge in [0.1, 0.15) is 5.82 Å². The molecule has 1 rings (SSSR count). The van der Waals surface area contributed by atoms with Gasteiger partial charge in [0.15, 0.2) is 5.78 Å². The maximum Gasteiger partial charge on any atom is 0.165 e. The Balaban J connectivity index is 2.70. The molecule has 1 aromatic carbocycles. The van der Waals surface area contributed by atoms with Crippen molar-refractivity contribution in [1.29, 1.82) is 0 Å². The van der Waals surface area contributed by atoms with Crippen molar-refractivity contribution in [3.63, 3.8) is 0 Å². The smallest absolute Gasteiger partial charge is 0.165 e. The number of aryl methyl sites for hydroxylation is 1. The first kappa shape index (κ1) is 11.5. The molecular weight excluding hydrogens is 191 g/mol. The molecule has 0 spiro atoms. The SMILES string of the molecule is C#CCCCC(=O)c1ccc(C)cc1F. The van der Waals surface area contributed by atoms with Gasteiger partial charge in [0.2, 0.25) is 0 Å². The zero-order chi connectivity index (χ0) is 11.3. The van der Waals surface area contributed by atoms with Crippen LogP contribution in [0.3, 0.4) is 0 Å². The molecule has 0 aromatic heterocycles. The van der Waals surface area contributed by atoms with Gasteiger partial charge in [0.25, 0.3) is 0 Å². The molecule has 0 unspecified atom stereocenters. The normalized spacial score (nSPS) is 9.67. The molecule has 15 heavy (non-hydrogen) atoms. The summed E-state index contributed by atoms with van der Waals surface area (Å²) in [6, 6.07) is 4.63. The van der Waals surface area contributed by atoms with Gasteiger partial charge in [0, 0.05) is 12.8 Å². The third-order valence-corrected chi connectivity index (χ3v) is 2.15. The summed E-state index contributed by atoms with van der Waals surface area (Å²) in [5.74, 6) is 1.83. The molecular formula is C13H13FO. The number of hydrogen-bond acceptors (Lipinski definition) is 1. The van der Waals surface area contributed by atoms with Crippen LogP contribution in [0.2, 0.25) is 0 Å². The molecule has 0 radical (unpaired) electrons. The van der Waals surface area contributed by atoms with Crippen LogP contribution in [0, 0.1) is 25.1 Å². The van der Waals surface area contributed by atoms with Crippen LogP contribution in [0.25, 0.3) is 0 Å². The summed E-state index contributed by atoms with van der Waals surface area (Å²) < 4.78 is 13.3. The molecule has 0 aliphatic carbocycles. The first-order valence-electron chi connectivity index (χ1n) is 4.88. The van der Waals surface area contributed by atoms with E-state index in [0.717, 1.165) is 5.56 Å². The van der Waals surface area contributed by atoms with E-state index in [-0.39, 0.29) is 11.3 Å². The van der Waals surface area contributed by atoms with Gasteiger partial charge in [-0.25, -0.2) is 4.39 Å². The average molecular weight is 204 g/mol. The van der Waals surface area contributed by atoms with Crippen molar-refractivity contribution >= 4 is 5.78 Å². The summed E-state index contributed by atoms with van der Waals surface area (Å²) in [6.45, 7) is 1.79. The van der Waals surface area contributed by atoms with E-state index in [1.54, 1.807) is 13.0 Å². The number of carbonyl (C=O) groups is 1. The largest absolute Gasteiger partial charge is 0.294 e. The summed E-state index contributed by atoms with van der Waals surface area (Å²) in [4.78, 5) is 11.5. The molecule has 0 bridgehead atoms. The number of rotatable bonds is 4. The molecule has 2 heteroatoms. The van der Waals surface area contributed by atoms with Gasteiger partial charge in [-0.1, -0.05) is 6.07 Å². The minimum atomic E-state index is -0.444. The van der Waals surface area contributed by atoms with Crippen LogP contribution >= 0.6 is 0 Å². The zero-order valence-electron chi connectivity index (χ0n) is 8.72. The number of unbranched alkanes of at least 4 members (excludes halogenated alkanes) is 1. The van der Waals surface area contributed by atoms with Crippen molar-refractivity contribution in [3.8, 4) is 12.3 Å². The van der Waals surface area contributed by atoms with Crippen molar-refractivity contribution in [1.82, 2.24) is 0 Å². The molecule has 1 nitrogen and oxygen atoms in total. The van der Waals surface area contributed by atoms with Crippen LogP contribution in [0.1, 0.15) is 35.2 Å². The van der Waals surface area contributed by atoms with Crippen LogP contribution in [0.5, 0.6) is 0 Å². The average Bonchev–Trinajstić information content (AvgIpc) is 2.17. The Bertz CT molecular complexity index is 401. The van der Waals surface area contributed by atoms with Crippen molar-refractivity contribution in [2.24, 2.45) is 0 Å². The van der Waals surface area contributed by atoms with Crippen molar-refractivity contribution < 1.29 is 9.18 Å². The van der Waals surface area contributed by atoms with Crippen LogP contribution in [-0.4, -0.2) is 5.78 Å². The minimum Gasteiger partial charge on any atom is -0.294 e. The van der Waals surface area contributed by atoms with Gasteiger partial charge in [-0.3, -0.25) is 4.79 Å². The number of hydrogen-bond donors (Lipinski definition) is 0.